The first-order valence-corrected chi connectivity index (χ1v) is 10.4. The molecule has 0 unspecified atom stereocenters. The van der Waals surface area contributed by atoms with Gasteiger partial charge in [-0.3, -0.25) is 29.7 Å². The van der Waals surface area contributed by atoms with E-state index in [1.54, 1.807) is 0 Å². The van der Waals surface area contributed by atoms with E-state index < -0.39 is 34.1 Å². The van der Waals surface area contributed by atoms with Gasteiger partial charge in [-0.15, -0.1) is 0 Å². The highest BCUT2D eigenvalue weighted by molar-refractivity contribution is 6.08. The Morgan fingerprint density at radius 2 is 2.03 bits per heavy atom. The lowest BCUT2D eigenvalue weighted by molar-refractivity contribution is -0.384. The average molecular weight is 445 g/mol. The van der Waals surface area contributed by atoms with Crippen LogP contribution in [-0.2, 0) is 16.1 Å². The lowest BCUT2D eigenvalue weighted by Crippen LogP contribution is -2.51. The Morgan fingerprint density at radius 3 is 2.72 bits per heavy atom. The molecule has 1 saturated carbocycles. The zero-order chi connectivity index (χ0) is 23.0. The number of hydrogen-bond acceptors (Lipinski definition) is 7. The molecule has 1 aliphatic heterocycles. The molecule has 2 heterocycles. The summed E-state index contributed by atoms with van der Waals surface area (Å²) in [5.74, 6) is -1.18. The Bertz CT molecular complexity index is 1160. The molecule has 0 radical (unpaired) electrons. The maximum Gasteiger partial charge on any atom is 0.419 e. The van der Waals surface area contributed by atoms with Gasteiger partial charge in [0, 0.05) is 19.0 Å². The van der Waals surface area contributed by atoms with E-state index in [4.69, 9.17) is 4.42 Å². The van der Waals surface area contributed by atoms with Crippen molar-refractivity contribution in [1.29, 1.82) is 0 Å². The molecule has 1 spiro atoms. The van der Waals surface area contributed by atoms with E-state index in [9.17, 15) is 29.3 Å². The Labute approximate surface area is 181 Å². The highest BCUT2D eigenvalue weighted by Gasteiger charge is 2.52. The molecular weight excluding hydrogens is 422 g/mol. The number of oxazole rings is 1. The number of non-ortho nitro benzene ring substituents is 1. The van der Waals surface area contributed by atoms with Crippen LogP contribution in [0, 0.1) is 16.0 Å². The maximum atomic E-state index is 12.8. The quantitative estimate of drug-likeness (QED) is 0.390. The summed E-state index contributed by atoms with van der Waals surface area (Å²) in [5.41, 5.74) is 1.68. The summed E-state index contributed by atoms with van der Waals surface area (Å²) < 4.78 is 6.33. The van der Waals surface area contributed by atoms with Crippen LogP contribution in [0.3, 0.4) is 0 Å². The van der Waals surface area contributed by atoms with Crippen molar-refractivity contribution in [2.45, 2.75) is 57.5 Å². The SMILES string of the molecule is CC1CCC2(CC1)NC(=O)N(NC(=O)CCCn1c(=O)oc3cc([N+](=O)[O-])ccc31)C2=O. The first kappa shape index (κ1) is 21.5. The highest BCUT2D eigenvalue weighted by Crippen LogP contribution is 2.35. The molecule has 1 aromatic heterocycles. The Morgan fingerprint density at radius 1 is 1.31 bits per heavy atom. The number of fused-ring (bicyclic) bond motifs is 1. The number of hydrazine groups is 1. The molecule has 12 nitrogen and oxygen atoms in total. The molecule has 12 heteroatoms. The second-order valence-corrected chi connectivity index (χ2v) is 8.40. The van der Waals surface area contributed by atoms with Crippen LogP contribution in [0.5, 0.6) is 0 Å². The predicted octanol–water partition coefficient (Wildman–Crippen LogP) is 1.81. The molecule has 32 heavy (non-hydrogen) atoms. The van der Waals surface area contributed by atoms with Crippen LogP contribution in [0.15, 0.2) is 27.4 Å². The van der Waals surface area contributed by atoms with E-state index in [0.717, 1.165) is 17.9 Å². The van der Waals surface area contributed by atoms with Crippen LogP contribution < -0.4 is 16.5 Å². The summed E-state index contributed by atoms with van der Waals surface area (Å²) in [5, 5.41) is 14.3. The summed E-state index contributed by atoms with van der Waals surface area (Å²) >= 11 is 0. The van der Waals surface area contributed by atoms with Gasteiger partial charge in [0.1, 0.15) is 5.54 Å². The van der Waals surface area contributed by atoms with Gasteiger partial charge in [0.2, 0.25) is 5.91 Å². The summed E-state index contributed by atoms with van der Waals surface area (Å²) in [6.45, 7) is 2.22. The van der Waals surface area contributed by atoms with Gasteiger partial charge in [-0.05, 0) is 44.1 Å². The number of benzene rings is 1. The zero-order valence-electron chi connectivity index (χ0n) is 17.5. The minimum absolute atomic E-state index is 0.0484. The van der Waals surface area contributed by atoms with Crippen LogP contribution in [-0.4, -0.2) is 37.9 Å². The van der Waals surface area contributed by atoms with E-state index >= 15 is 0 Å². The third-order valence-electron chi connectivity index (χ3n) is 6.17. The number of nitro groups is 1. The summed E-state index contributed by atoms with van der Waals surface area (Å²) in [6.07, 6.45) is 2.91. The largest absolute Gasteiger partial charge is 0.419 e. The van der Waals surface area contributed by atoms with Crippen molar-refractivity contribution in [3.8, 4) is 0 Å². The molecule has 2 aromatic rings. The minimum atomic E-state index is -0.942. The molecular formula is C20H23N5O7. The number of nitrogens with zero attached hydrogens (tertiary/aromatic N) is 3. The topological polar surface area (TPSA) is 157 Å². The number of hydrogen-bond donors (Lipinski definition) is 2. The second-order valence-electron chi connectivity index (χ2n) is 8.40. The van der Waals surface area contributed by atoms with Crippen molar-refractivity contribution in [2.24, 2.45) is 5.92 Å². The number of nitro benzene ring substituents is 1. The maximum absolute atomic E-state index is 12.8. The molecule has 2 aliphatic rings. The van der Waals surface area contributed by atoms with Gasteiger partial charge in [0.15, 0.2) is 5.58 Å². The van der Waals surface area contributed by atoms with Crippen molar-refractivity contribution in [2.75, 3.05) is 0 Å². The number of aryl methyl sites for hydroxylation is 1. The fourth-order valence-electron chi connectivity index (χ4n) is 4.27. The predicted molar refractivity (Wildman–Crippen MR) is 110 cm³/mol. The number of nitrogens with one attached hydrogen (secondary N) is 2. The van der Waals surface area contributed by atoms with Crippen LogP contribution in [0.25, 0.3) is 11.1 Å². The van der Waals surface area contributed by atoms with Crippen molar-refractivity contribution in [3.05, 3.63) is 38.9 Å². The number of urea groups is 1. The normalized spacial score (nSPS) is 23.0. The Kier molecular flexibility index (Phi) is 5.45. The van der Waals surface area contributed by atoms with Gasteiger partial charge >= 0.3 is 11.8 Å². The number of carbonyl (C=O) groups is 3. The number of rotatable bonds is 6. The summed E-state index contributed by atoms with van der Waals surface area (Å²) in [4.78, 5) is 59.7. The average Bonchev–Trinajstić information content (AvgIpc) is 3.18. The number of carbonyl (C=O) groups excluding carboxylic acids is 3. The molecule has 0 atom stereocenters. The lowest BCUT2D eigenvalue weighted by atomic mass is 9.77. The van der Waals surface area contributed by atoms with Gasteiger partial charge in [-0.1, -0.05) is 6.92 Å². The van der Waals surface area contributed by atoms with Gasteiger partial charge < -0.3 is 9.73 Å². The van der Waals surface area contributed by atoms with Crippen LogP contribution in [0.4, 0.5) is 10.5 Å². The van der Waals surface area contributed by atoms with E-state index in [0.29, 0.717) is 24.3 Å². The van der Waals surface area contributed by atoms with Gasteiger partial charge in [0.25, 0.3) is 11.6 Å². The van der Waals surface area contributed by atoms with Crippen LogP contribution in [0.1, 0.15) is 45.4 Å². The third-order valence-corrected chi connectivity index (χ3v) is 6.17. The third kappa shape index (κ3) is 3.83. The van der Waals surface area contributed by atoms with Gasteiger partial charge in [-0.25, -0.2) is 9.59 Å². The summed E-state index contributed by atoms with van der Waals surface area (Å²) in [7, 11) is 0. The van der Waals surface area contributed by atoms with Crippen LogP contribution in [0.2, 0.25) is 0 Å². The fourth-order valence-corrected chi connectivity index (χ4v) is 4.27. The molecule has 4 rings (SSSR count). The van der Waals surface area contributed by atoms with E-state index in [1.165, 1.54) is 22.8 Å². The monoisotopic (exact) mass is 445 g/mol. The first-order valence-electron chi connectivity index (χ1n) is 10.4. The van der Waals surface area contributed by atoms with Crippen molar-refractivity contribution in [1.82, 2.24) is 20.3 Å². The molecule has 1 saturated heterocycles. The molecule has 2 fully saturated rings. The highest BCUT2D eigenvalue weighted by atomic mass is 16.6. The van der Waals surface area contributed by atoms with E-state index in [-0.39, 0.29) is 30.7 Å². The Balaban J connectivity index is 1.35. The number of imide groups is 1. The standard InChI is InChI=1S/C20H23N5O7/c1-12-6-8-20(9-7-12)17(27)24(18(28)21-20)22-16(26)3-2-10-23-14-5-4-13(25(30)31)11-15(14)32-19(23)29/h4-5,11-12H,2-3,6-10H2,1H3,(H,21,28)(H,22,26). The number of aromatic nitrogens is 1. The molecule has 2 N–H and O–H groups in total. The fraction of sp³-hybridized carbons (Fsp3) is 0.500. The molecule has 170 valence electrons. The number of amides is 4. The summed E-state index contributed by atoms with van der Waals surface area (Å²) in [6, 6.07) is 3.20. The first-order chi connectivity index (χ1) is 15.2. The van der Waals surface area contributed by atoms with Crippen molar-refractivity contribution < 1.29 is 23.7 Å². The minimum Gasteiger partial charge on any atom is -0.407 e. The van der Waals surface area contributed by atoms with Crippen molar-refractivity contribution in [3.63, 3.8) is 0 Å². The van der Waals surface area contributed by atoms with E-state index in [2.05, 4.69) is 17.7 Å². The molecule has 1 aromatic carbocycles. The molecule has 4 amide bonds. The van der Waals surface area contributed by atoms with Crippen LogP contribution >= 0.6 is 0 Å². The molecule has 1 aliphatic carbocycles. The van der Waals surface area contributed by atoms with E-state index in [1.807, 2.05) is 0 Å². The zero-order valence-corrected chi connectivity index (χ0v) is 17.5. The lowest BCUT2D eigenvalue weighted by Gasteiger charge is -2.33. The van der Waals surface area contributed by atoms with Gasteiger partial charge in [-0.2, -0.15) is 5.01 Å². The van der Waals surface area contributed by atoms with Crippen molar-refractivity contribution >= 4 is 34.6 Å². The van der Waals surface area contributed by atoms with Gasteiger partial charge in [0.05, 0.1) is 16.5 Å². The molecule has 0 bridgehead atoms. The Hall–Kier alpha value is -3.70. The second kappa shape index (κ2) is 8.09. The smallest absolute Gasteiger partial charge is 0.407 e.